The van der Waals surface area contributed by atoms with Crippen LogP contribution in [0, 0.1) is 0 Å². The van der Waals surface area contributed by atoms with Gasteiger partial charge in [0.1, 0.15) is 9.96 Å². The minimum atomic E-state index is -3.49. The molecule has 2 rings (SSSR count). The van der Waals surface area contributed by atoms with Crippen molar-refractivity contribution >= 4 is 37.3 Å². The van der Waals surface area contributed by atoms with Crippen LogP contribution in [-0.4, -0.2) is 15.0 Å². The van der Waals surface area contributed by atoms with Gasteiger partial charge < -0.3 is 4.74 Å². The minimum absolute atomic E-state index is 0.230. The first-order chi connectivity index (χ1) is 9.53. The van der Waals surface area contributed by atoms with E-state index in [0.29, 0.717) is 15.3 Å². The Morgan fingerprint density at radius 2 is 2.15 bits per heavy atom. The SMILES string of the molecule is CCOc1cccc(CNS(=O)(=O)c2sccc2Br)c1. The molecule has 20 heavy (non-hydrogen) atoms. The zero-order chi connectivity index (χ0) is 14.6. The van der Waals surface area contributed by atoms with Gasteiger partial charge in [-0.05, 0) is 52.0 Å². The molecule has 0 atom stereocenters. The molecule has 0 saturated carbocycles. The Hall–Kier alpha value is -0.890. The molecule has 2 aromatic rings. The topological polar surface area (TPSA) is 55.4 Å². The normalized spacial score (nSPS) is 11.5. The summed E-state index contributed by atoms with van der Waals surface area (Å²) in [5.74, 6) is 0.738. The first kappa shape index (κ1) is 15.5. The average molecular weight is 376 g/mol. The molecule has 0 unspecified atom stereocenters. The summed E-state index contributed by atoms with van der Waals surface area (Å²) >= 11 is 4.41. The standard InChI is InChI=1S/C13H14BrNO3S2/c1-2-18-11-5-3-4-10(8-11)9-15-20(16,17)13-12(14)6-7-19-13/h3-8,15H,2,9H2,1H3. The van der Waals surface area contributed by atoms with Gasteiger partial charge in [-0.1, -0.05) is 12.1 Å². The lowest BCUT2D eigenvalue weighted by atomic mass is 10.2. The van der Waals surface area contributed by atoms with Crippen molar-refractivity contribution in [3.63, 3.8) is 0 Å². The summed E-state index contributed by atoms with van der Waals surface area (Å²) < 4.78 is 33.1. The highest BCUT2D eigenvalue weighted by Crippen LogP contribution is 2.27. The summed E-state index contributed by atoms with van der Waals surface area (Å²) in [6, 6.07) is 9.09. The van der Waals surface area contributed by atoms with Gasteiger partial charge in [-0.15, -0.1) is 11.3 Å². The molecule has 1 aromatic heterocycles. The van der Waals surface area contributed by atoms with Crippen LogP contribution >= 0.6 is 27.3 Å². The first-order valence-electron chi connectivity index (χ1n) is 5.97. The predicted molar refractivity (Wildman–Crippen MR) is 83.7 cm³/mol. The molecule has 0 spiro atoms. The van der Waals surface area contributed by atoms with E-state index in [9.17, 15) is 8.42 Å². The Morgan fingerprint density at radius 3 is 2.80 bits per heavy atom. The van der Waals surface area contributed by atoms with Gasteiger partial charge >= 0.3 is 0 Å². The van der Waals surface area contributed by atoms with Crippen molar-refractivity contribution < 1.29 is 13.2 Å². The van der Waals surface area contributed by atoms with Crippen LogP contribution in [0.4, 0.5) is 0 Å². The van der Waals surface area contributed by atoms with E-state index >= 15 is 0 Å². The fourth-order valence-corrected chi connectivity index (χ4v) is 5.03. The average Bonchev–Trinajstić information content (AvgIpc) is 2.85. The molecule has 0 aliphatic rings. The van der Waals surface area contributed by atoms with Gasteiger partial charge in [0.05, 0.1) is 6.61 Å². The summed E-state index contributed by atoms with van der Waals surface area (Å²) in [5.41, 5.74) is 0.854. The van der Waals surface area contributed by atoms with Crippen LogP contribution in [-0.2, 0) is 16.6 Å². The number of sulfonamides is 1. The van der Waals surface area contributed by atoms with Crippen LogP contribution in [0.25, 0.3) is 0 Å². The zero-order valence-corrected chi connectivity index (χ0v) is 14.0. The Bertz CT molecular complexity index is 682. The molecule has 1 aromatic carbocycles. The largest absolute Gasteiger partial charge is 0.494 e. The highest BCUT2D eigenvalue weighted by molar-refractivity contribution is 9.10. The van der Waals surface area contributed by atoms with Crippen molar-refractivity contribution in [2.45, 2.75) is 17.7 Å². The van der Waals surface area contributed by atoms with Crippen molar-refractivity contribution in [2.75, 3.05) is 6.61 Å². The van der Waals surface area contributed by atoms with Crippen molar-refractivity contribution in [2.24, 2.45) is 0 Å². The predicted octanol–water partition coefficient (Wildman–Crippen LogP) is 3.39. The highest BCUT2D eigenvalue weighted by atomic mass is 79.9. The van der Waals surface area contributed by atoms with Gasteiger partial charge in [0, 0.05) is 11.0 Å². The Morgan fingerprint density at radius 1 is 1.35 bits per heavy atom. The van der Waals surface area contributed by atoms with E-state index in [1.807, 2.05) is 31.2 Å². The number of benzene rings is 1. The molecular formula is C13H14BrNO3S2. The molecule has 0 bridgehead atoms. The molecule has 108 valence electrons. The second kappa shape index (κ2) is 6.71. The maximum atomic E-state index is 12.1. The zero-order valence-electron chi connectivity index (χ0n) is 10.8. The van der Waals surface area contributed by atoms with Crippen LogP contribution in [0.15, 0.2) is 44.4 Å². The lowest BCUT2D eigenvalue weighted by Crippen LogP contribution is -2.22. The van der Waals surface area contributed by atoms with Gasteiger partial charge in [0.15, 0.2) is 0 Å². The van der Waals surface area contributed by atoms with Crippen molar-refractivity contribution in [1.82, 2.24) is 4.72 Å². The third-order valence-electron chi connectivity index (χ3n) is 2.50. The van der Waals surface area contributed by atoms with Gasteiger partial charge in [-0.3, -0.25) is 0 Å². The third-order valence-corrected chi connectivity index (χ3v) is 6.58. The Kier molecular flexibility index (Phi) is 5.20. The fourth-order valence-electron chi connectivity index (χ4n) is 1.63. The molecule has 1 heterocycles. The van der Waals surface area contributed by atoms with Gasteiger partial charge in [-0.25, -0.2) is 13.1 Å². The number of halogens is 1. The van der Waals surface area contributed by atoms with E-state index in [4.69, 9.17) is 4.74 Å². The molecule has 0 aliphatic carbocycles. The van der Waals surface area contributed by atoms with E-state index in [1.165, 1.54) is 11.3 Å². The lowest BCUT2D eigenvalue weighted by molar-refractivity contribution is 0.340. The minimum Gasteiger partial charge on any atom is -0.494 e. The van der Waals surface area contributed by atoms with E-state index in [2.05, 4.69) is 20.7 Å². The Labute approximate surface area is 131 Å². The second-order valence-corrected chi connectivity index (χ2v) is 7.69. The van der Waals surface area contributed by atoms with Crippen LogP contribution in [0.3, 0.4) is 0 Å². The highest BCUT2D eigenvalue weighted by Gasteiger charge is 2.18. The Balaban J connectivity index is 2.09. The number of hydrogen-bond donors (Lipinski definition) is 1. The van der Waals surface area contributed by atoms with Crippen LogP contribution < -0.4 is 9.46 Å². The van der Waals surface area contributed by atoms with E-state index in [0.717, 1.165) is 11.3 Å². The summed E-state index contributed by atoms with van der Waals surface area (Å²) in [7, 11) is -3.49. The molecule has 1 N–H and O–H groups in total. The molecule has 7 heteroatoms. The number of nitrogens with one attached hydrogen (secondary N) is 1. The summed E-state index contributed by atoms with van der Waals surface area (Å²) in [4.78, 5) is 0. The summed E-state index contributed by atoms with van der Waals surface area (Å²) in [6.45, 7) is 2.72. The van der Waals surface area contributed by atoms with Crippen LogP contribution in [0.1, 0.15) is 12.5 Å². The maximum Gasteiger partial charge on any atom is 0.251 e. The molecule has 4 nitrogen and oxygen atoms in total. The molecule has 0 aliphatic heterocycles. The van der Waals surface area contributed by atoms with Gasteiger partial charge in [0.2, 0.25) is 0 Å². The number of hydrogen-bond acceptors (Lipinski definition) is 4. The molecule has 0 amide bonds. The van der Waals surface area contributed by atoms with E-state index in [1.54, 1.807) is 11.4 Å². The van der Waals surface area contributed by atoms with E-state index in [-0.39, 0.29) is 6.54 Å². The third kappa shape index (κ3) is 3.82. The summed E-state index contributed by atoms with van der Waals surface area (Å²) in [5, 5.41) is 1.73. The van der Waals surface area contributed by atoms with E-state index < -0.39 is 10.0 Å². The molecular weight excluding hydrogens is 362 g/mol. The number of thiophene rings is 1. The van der Waals surface area contributed by atoms with Crippen molar-refractivity contribution in [3.8, 4) is 5.75 Å². The smallest absolute Gasteiger partial charge is 0.251 e. The van der Waals surface area contributed by atoms with Gasteiger partial charge in [-0.2, -0.15) is 0 Å². The molecule has 0 saturated heterocycles. The summed E-state index contributed by atoms with van der Waals surface area (Å²) in [6.07, 6.45) is 0. The lowest BCUT2D eigenvalue weighted by Gasteiger charge is -2.08. The van der Waals surface area contributed by atoms with Crippen LogP contribution in [0.5, 0.6) is 5.75 Å². The number of ether oxygens (including phenoxy) is 1. The quantitative estimate of drug-likeness (QED) is 0.841. The van der Waals surface area contributed by atoms with Crippen LogP contribution in [0.2, 0.25) is 0 Å². The van der Waals surface area contributed by atoms with Crippen molar-refractivity contribution in [1.29, 1.82) is 0 Å². The van der Waals surface area contributed by atoms with Crippen molar-refractivity contribution in [3.05, 3.63) is 45.7 Å². The monoisotopic (exact) mass is 375 g/mol. The maximum absolute atomic E-state index is 12.1. The fraction of sp³-hybridized carbons (Fsp3) is 0.231. The molecule has 0 fully saturated rings. The number of rotatable bonds is 6. The van der Waals surface area contributed by atoms with Gasteiger partial charge in [0.25, 0.3) is 10.0 Å². The first-order valence-corrected chi connectivity index (χ1v) is 9.13. The second-order valence-electron chi connectivity index (χ2n) is 3.96. The molecule has 0 radical (unpaired) electrons.